The molecule has 0 atom stereocenters. The summed E-state index contributed by atoms with van der Waals surface area (Å²) in [5.41, 5.74) is 11.2. The normalized spacial score (nSPS) is 11.6. The second-order valence-electron chi connectivity index (χ2n) is 3.17. The van der Waals surface area contributed by atoms with E-state index in [2.05, 4.69) is 9.97 Å². The molecule has 0 fully saturated rings. The highest BCUT2D eigenvalue weighted by molar-refractivity contribution is 5.26. The van der Waals surface area contributed by atoms with Crippen molar-refractivity contribution in [2.45, 2.75) is 32.2 Å². The summed E-state index contributed by atoms with van der Waals surface area (Å²) in [5, 5.41) is 0. The number of hydrogen-bond acceptors (Lipinski definition) is 4. The monoisotopic (exact) mass is 180 g/mol. The van der Waals surface area contributed by atoms with Gasteiger partial charge in [-0.25, -0.2) is 9.97 Å². The van der Waals surface area contributed by atoms with Crippen molar-refractivity contribution in [3.8, 4) is 0 Å². The van der Waals surface area contributed by atoms with Gasteiger partial charge in [0.2, 0.25) is 0 Å². The minimum absolute atomic E-state index is 0.435. The van der Waals surface area contributed by atoms with Crippen LogP contribution in [0.4, 0.5) is 5.82 Å². The highest BCUT2D eigenvalue weighted by Crippen LogP contribution is 2.22. The van der Waals surface area contributed by atoms with Crippen LogP contribution in [0.1, 0.15) is 32.5 Å². The quantitative estimate of drug-likeness (QED) is 0.728. The summed E-state index contributed by atoms with van der Waals surface area (Å²) in [6, 6.07) is 1.66. The van der Waals surface area contributed by atoms with Gasteiger partial charge in [0.05, 0.1) is 5.54 Å². The Balaban J connectivity index is 3.05. The zero-order valence-electron chi connectivity index (χ0n) is 8.12. The Morgan fingerprint density at radius 1 is 1.38 bits per heavy atom. The summed E-state index contributed by atoms with van der Waals surface area (Å²) in [5.74, 6) is 1.11. The summed E-state index contributed by atoms with van der Waals surface area (Å²) in [6.45, 7) is 4.05. The number of aromatic nitrogens is 2. The van der Waals surface area contributed by atoms with Crippen LogP contribution in [0, 0.1) is 0 Å². The molecule has 72 valence electrons. The van der Waals surface area contributed by atoms with Crippen molar-refractivity contribution in [3.63, 3.8) is 0 Å². The van der Waals surface area contributed by atoms with Crippen molar-refractivity contribution in [1.29, 1.82) is 0 Å². The molecule has 0 saturated heterocycles. The third-order valence-electron chi connectivity index (χ3n) is 2.38. The molecule has 1 aromatic heterocycles. The molecule has 1 heterocycles. The van der Waals surface area contributed by atoms with Crippen LogP contribution in [0.15, 0.2) is 12.3 Å². The summed E-state index contributed by atoms with van der Waals surface area (Å²) in [4.78, 5) is 8.27. The Hall–Kier alpha value is -1.16. The van der Waals surface area contributed by atoms with Crippen LogP contribution >= 0.6 is 0 Å². The Labute approximate surface area is 78.4 Å². The average Bonchev–Trinajstić information content (AvgIpc) is 2.17. The molecular formula is C9H16N4. The van der Waals surface area contributed by atoms with Crippen LogP contribution in [0.3, 0.4) is 0 Å². The van der Waals surface area contributed by atoms with E-state index in [0.29, 0.717) is 11.6 Å². The molecular weight excluding hydrogens is 164 g/mol. The predicted octanol–water partition coefficient (Wildman–Crippen LogP) is 1.03. The van der Waals surface area contributed by atoms with Gasteiger partial charge in [-0.1, -0.05) is 13.8 Å². The fraction of sp³-hybridized carbons (Fsp3) is 0.556. The lowest BCUT2D eigenvalue weighted by Crippen LogP contribution is -2.37. The number of nitrogens with two attached hydrogens (primary N) is 2. The molecule has 0 amide bonds. The van der Waals surface area contributed by atoms with Crippen molar-refractivity contribution in [2.24, 2.45) is 5.73 Å². The van der Waals surface area contributed by atoms with Gasteiger partial charge in [-0.05, 0) is 18.9 Å². The van der Waals surface area contributed by atoms with E-state index in [-0.39, 0.29) is 0 Å². The molecule has 0 aliphatic heterocycles. The van der Waals surface area contributed by atoms with Gasteiger partial charge in [0.1, 0.15) is 11.6 Å². The third-order valence-corrected chi connectivity index (χ3v) is 2.38. The first-order valence-electron chi connectivity index (χ1n) is 4.50. The largest absolute Gasteiger partial charge is 0.384 e. The number of nitrogen functional groups attached to an aromatic ring is 1. The minimum Gasteiger partial charge on any atom is -0.384 e. The van der Waals surface area contributed by atoms with E-state index in [1.54, 1.807) is 12.3 Å². The van der Waals surface area contributed by atoms with Crippen LogP contribution in [0.2, 0.25) is 0 Å². The van der Waals surface area contributed by atoms with Crippen LogP contribution in [-0.2, 0) is 5.54 Å². The molecule has 0 aliphatic rings. The molecule has 0 saturated carbocycles. The van der Waals surface area contributed by atoms with E-state index < -0.39 is 5.54 Å². The third kappa shape index (κ3) is 1.95. The Kier molecular flexibility index (Phi) is 2.83. The predicted molar refractivity (Wildman–Crippen MR) is 52.9 cm³/mol. The lowest BCUT2D eigenvalue weighted by molar-refractivity contribution is 0.387. The van der Waals surface area contributed by atoms with Crippen molar-refractivity contribution in [3.05, 3.63) is 18.1 Å². The maximum absolute atomic E-state index is 6.11. The van der Waals surface area contributed by atoms with E-state index in [9.17, 15) is 0 Å². The van der Waals surface area contributed by atoms with Gasteiger partial charge in [0, 0.05) is 6.20 Å². The molecule has 1 rings (SSSR count). The molecule has 0 aliphatic carbocycles. The summed E-state index contributed by atoms with van der Waals surface area (Å²) in [6.07, 6.45) is 3.27. The first-order chi connectivity index (χ1) is 6.12. The smallest absolute Gasteiger partial charge is 0.150 e. The highest BCUT2D eigenvalue weighted by atomic mass is 15.0. The Bertz CT molecular complexity index is 281. The van der Waals surface area contributed by atoms with Gasteiger partial charge in [0.25, 0.3) is 0 Å². The molecule has 0 radical (unpaired) electrons. The number of rotatable bonds is 3. The van der Waals surface area contributed by atoms with Crippen molar-refractivity contribution >= 4 is 5.82 Å². The van der Waals surface area contributed by atoms with E-state index in [1.165, 1.54) is 0 Å². The molecule has 1 aromatic rings. The molecule has 4 N–H and O–H groups in total. The van der Waals surface area contributed by atoms with E-state index in [0.717, 1.165) is 12.8 Å². The van der Waals surface area contributed by atoms with E-state index in [4.69, 9.17) is 11.5 Å². The number of anilines is 1. The van der Waals surface area contributed by atoms with Gasteiger partial charge in [-0.3, -0.25) is 0 Å². The fourth-order valence-electron chi connectivity index (χ4n) is 1.18. The van der Waals surface area contributed by atoms with Gasteiger partial charge >= 0.3 is 0 Å². The standard InChI is InChI=1S/C9H16N4/c1-3-9(11,4-2)8-12-6-5-7(10)13-8/h5-6H,3-4,11H2,1-2H3,(H2,10,12,13). The maximum atomic E-state index is 6.11. The first kappa shape index (κ1) is 9.92. The molecule has 4 heteroatoms. The van der Waals surface area contributed by atoms with Gasteiger partial charge < -0.3 is 11.5 Å². The first-order valence-corrected chi connectivity index (χ1v) is 4.50. The van der Waals surface area contributed by atoms with Crippen LogP contribution in [0.25, 0.3) is 0 Å². The van der Waals surface area contributed by atoms with Crippen LogP contribution in [-0.4, -0.2) is 9.97 Å². The van der Waals surface area contributed by atoms with Crippen molar-refractivity contribution in [1.82, 2.24) is 9.97 Å². The minimum atomic E-state index is -0.435. The average molecular weight is 180 g/mol. The van der Waals surface area contributed by atoms with Crippen molar-refractivity contribution < 1.29 is 0 Å². The molecule has 13 heavy (non-hydrogen) atoms. The molecule has 0 aromatic carbocycles. The zero-order valence-corrected chi connectivity index (χ0v) is 8.12. The molecule has 0 unspecified atom stereocenters. The van der Waals surface area contributed by atoms with Crippen LogP contribution in [0.5, 0.6) is 0 Å². The number of nitrogens with zero attached hydrogens (tertiary/aromatic N) is 2. The Morgan fingerprint density at radius 3 is 2.46 bits per heavy atom. The topological polar surface area (TPSA) is 77.8 Å². The summed E-state index contributed by atoms with van der Waals surface area (Å²) < 4.78 is 0. The van der Waals surface area contributed by atoms with Crippen LogP contribution < -0.4 is 11.5 Å². The van der Waals surface area contributed by atoms with Gasteiger partial charge in [-0.15, -0.1) is 0 Å². The lowest BCUT2D eigenvalue weighted by atomic mass is 9.93. The second-order valence-corrected chi connectivity index (χ2v) is 3.17. The SMILES string of the molecule is CCC(N)(CC)c1nccc(N)n1. The van der Waals surface area contributed by atoms with Gasteiger partial charge in [-0.2, -0.15) is 0 Å². The molecule has 0 bridgehead atoms. The molecule has 0 spiro atoms. The zero-order chi connectivity index (χ0) is 9.90. The van der Waals surface area contributed by atoms with Gasteiger partial charge in [0.15, 0.2) is 0 Å². The second kappa shape index (κ2) is 3.70. The van der Waals surface area contributed by atoms with Crippen molar-refractivity contribution in [2.75, 3.05) is 5.73 Å². The maximum Gasteiger partial charge on any atom is 0.150 e. The molecule has 4 nitrogen and oxygen atoms in total. The Morgan fingerprint density at radius 2 is 2.00 bits per heavy atom. The number of hydrogen-bond donors (Lipinski definition) is 2. The fourth-order valence-corrected chi connectivity index (χ4v) is 1.18. The summed E-state index contributed by atoms with van der Waals surface area (Å²) >= 11 is 0. The van der Waals surface area contributed by atoms with E-state index in [1.807, 2.05) is 13.8 Å². The lowest BCUT2D eigenvalue weighted by Gasteiger charge is -2.24. The summed E-state index contributed by atoms with van der Waals surface area (Å²) in [7, 11) is 0. The van der Waals surface area contributed by atoms with E-state index >= 15 is 0 Å². The highest BCUT2D eigenvalue weighted by Gasteiger charge is 2.25.